The normalized spacial score (nSPS) is 13.1. The number of para-hydroxylation sites is 2. The highest BCUT2D eigenvalue weighted by atomic mass is 16.3. The maximum absolute atomic E-state index is 11.8. The van der Waals surface area contributed by atoms with Gasteiger partial charge >= 0.3 is 0 Å². The predicted molar refractivity (Wildman–Crippen MR) is 232 cm³/mol. The van der Waals surface area contributed by atoms with Gasteiger partial charge in [-0.2, -0.15) is 0 Å². The van der Waals surface area contributed by atoms with Crippen LogP contribution in [0.15, 0.2) is 84.9 Å². The number of aryl methyl sites for hydroxylation is 2. The highest BCUT2D eigenvalue weighted by Crippen LogP contribution is 2.40. The van der Waals surface area contributed by atoms with Gasteiger partial charge in [0.15, 0.2) is 0 Å². The van der Waals surface area contributed by atoms with E-state index in [2.05, 4.69) is 39.8 Å². The van der Waals surface area contributed by atoms with E-state index in [1.54, 1.807) is 0 Å². The summed E-state index contributed by atoms with van der Waals surface area (Å²) in [7, 11) is 0. The van der Waals surface area contributed by atoms with Gasteiger partial charge in [-0.3, -0.25) is 0 Å². The molecule has 0 saturated heterocycles. The van der Waals surface area contributed by atoms with Gasteiger partial charge in [0, 0.05) is 25.7 Å². The Morgan fingerprint density at radius 2 is 0.655 bits per heavy atom. The predicted octanol–water partition coefficient (Wildman–Crippen LogP) is 11.1. The van der Waals surface area contributed by atoms with Crippen LogP contribution >= 0.6 is 0 Å². The van der Waals surface area contributed by atoms with Gasteiger partial charge in [-0.15, -0.1) is 0 Å². The molecule has 0 fully saturated rings. The largest absolute Gasteiger partial charge is 0.507 e. The average molecular weight is 777 g/mol. The molecule has 0 radical (unpaired) electrons. The van der Waals surface area contributed by atoms with Crippen LogP contribution in [0.2, 0.25) is 0 Å². The van der Waals surface area contributed by atoms with E-state index in [4.69, 9.17) is 0 Å². The van der Waals surface area contributed by atoms with Gasteiger partial charge in [0.25, 0.3) is 0 Å². The number of rotatable bonds is 4. The van der Waals surface area contributed by atoms with E-state index in [1.165, 1.54) is 0 Å². The van der Waals surface area contributed by atoms with Crippen LogP contribution in [0.5, 0.6) is 34.5 Å². The van der Waals surface area contributed by atoms with Crippen molar-refractivity contribution in [2.45, 2.75) is 105 Å². The molecule has 6 aromatic rings. The molecular formula is C52H56O6. The van der Waals surface area contributed by atoms with Gasteiger partial charge in [-0.05, 0) is 127 Å². The summed E-state index contributed by atoms with van der Waals surface area (Å²) in [4.78, 5) is 0. The second-order valence-electron chi connectivity index (χ2n) is 16.8. The van der Waals surface area contributed by atoms with E-state index < -0.39 is 0 Å². The number of phenols is 6. The summed E-state index contributed by atoms with van der Waals surface area (Å²) in [6.45, 7) is 12.3. The maximum atomic E-state index is 11.8. The molecule has 58 heavy (non-hydrogen) atoms. The van der Waals surface area contributed by atoms with Gasteiger partial charge in [0.2, 0.25) is 0 Å². The van der Waals surface area contributed by atoms with E-state index in [9.17, 15) is 30.6 Å². The molecule has 0 aliphatic heterocycles. The maximum Gasteiger partial charge on any atom is 0.122 e. The standard InChI is InChI=1S/C52H56O6/c1-7-35-17-31-15-32-18-36(8-2)48(54)42(20-32)26-38-12-10-14-40(50(38)56)28-44-22-34(24-46(30(5)6)52(44)58)16-33-21-43(51(57)45(23-33)29(3)4)27-39-13-9-11-37(49(39)55)25-41(19-31)47(35)53/h9-14,17-24,29-30,53-58H,7-8,15-16,25-28H2,1-6H3. The molecule has 0 atom stereocenters. The van der Waals surface area contributed by atoms with Crippen LogP contribution < -0.4 is 0 Å². The lowest BCUT2D eigenvalue weighted by molar-refractivity contribution is 0.451. The van der Waals surface area contributed by atoms with Crippen LogP contribution in [0, 0.1) is 0 Å². The third-order valence-electron chi connectivity index (χ3n) is 12.0. The first-order valence-electron chi connectivity index (χ1n) is 20.7. The van der Waals surface area contributed by atoms with Gasteiger partial charge in [-0.25, -0.2) is 0 Å². The summed E-state index contributed by atoms with van der Waals surface area (Å²) >= 11 is 0. The Balaban J connectivity index is 1.43. The summed E-state index contributed by atoms with van der Waals surface area (Å²) in [5.41, 5.74) is 12.9. The summed E-state index contributed by atoms with van der Waals surface area (Å²) < 4.78 is 0. The molecule has 6 heteroatoms. The summed E-state index contributed by atoms with van der Waals surface area (Å²) in [6, 6.07) is 27.6. The fourth-order valence-electron chi connectivity index (χ4n) is 8.76. The van der Waals surface area contributed by atoms with Crippen molar-refractivity contribution < 1.29 is 30.6 Å². The van der Waals surface area contributed by atoms with Crippen LogP contribution in [0.25, 0.3) is 0 Å². The molecule has 0 heterocycles. The fraction of sp³-hybridized carbons (Fsp3) is 0.308. The van der Waals surface area contributed by atoms with E-state index in [0.717, 1.165) is 44.5 Å². The van der Waals surface area contributed by atoms with E-state index >= 15 is 0 Å². The quantitative estimate of drug-likeness (QED) is 0.106. The van der Waals surface area contributed by atoms with Crippen LogP contribution in [0.3, 0.4) is 0 Å². The van der Waals surface area contributed by atoms with Crippen molar-refractivity contribution in [3.8, 4) is 34.5 Å². The molecule has 6 nitrogen and oxygen atoms in total. The van der Waals surface area contributed by atoms with E-state index in [-0.39, 0.29) is 46.3 Å². The number of fused-ring (bicyclic) bond motifs is 12. The van der Waals surface area contributed by atoms with Crippen molar-refractivity contribution >= 4 is 0 Å². The second kappa shape index (κ2) is 16.5. The van der Waals surface area contributed by atoms with E-state index in [1.807, 2.05) is 86.6 Å². The van der Waals surface area contributed by atoms with E-state index in [0.29, 0.717) is 95.9 Å². The Morgan fingerprint density at radius 1 is 0.362 bits per heavy atom. The van der Waals surface area contributed by atoms with Crippen LogP contribution in [0.1, 0.15) is 142 Å². The zero-order valence-corrected chi connectivity index (χ0v) is 34.6. The Labute approximate surface area is 342 Å². The molecule has 300 valence electrons. The molecule has 0 saturated carbocycles. The topological polar surface area (TPSA) is 121 Å². The first kappa shape index (κ1) is 40.3. The minimum Gasteiger partial charge on any atom is -0.507 e. The first-order valence-corrected chi connectivity index (χ1v) is 20.7. The molecular weight excluding hydrogens is 721 g/mol. The van der Waals surface area contributed by atoms with Gasteiger partial charge < -0.3 is 30.6 Å². The average Bonchev–Trinajstić information content (AvgIpc) is 3.18. The highest BCUT2D eigenvalue weighted by Gasteiger charge is 2.21. The number of hydrogen-bond acceptors (Lipinski definition) is 6. The lowest BCUT2D eigenvalue weighted by Gasteiger charge is -2.19. The summed E-state index contributed by atoms with van der Waals surface area (Å²) in [6.07, 6.45) is 3.60. The van der Waals surface area contributed by atoms with Crippen molar-refractivity contribution in [1.82, 2.24) is 0 Å². The highest BCUT2D eigenvalue weighted by molar-refractivity contribution is 5.57. The lowest BCUT2D eigenvalue weighted by atomic mass is 9.87. The molecule has 0 aromatic heterocycles. The Hall–Kier alpha value is -5.88. The fourth-order valence-corrected chi connectivity index (χ4v) is 8.76. The second-order valence-corrected chi connectivity index (χ2v) is 16.8. The zero-order chi connectivity index (χ0) is 41.4. The first-order chi connectivity index (χ1) is 27.7. The Kier molecular flexibility index (Phi) is 11.5. The third kappa shape index (κ3) is 8.11. The van der Waals surface area contributed by atoms with Gasteiger partial charge in [-0.1, -0.05) is 126 Å². The van der Waals surface area contributed by atoms with Crippen LogP contribution in [-0.4, -0.2) is 30.6 Å². The SMILES string of the molecule is CCc1cc2cc(c1O)Cc1cccc(c1O)Cc1cc(cc(C(C)C)c1O)Cc1cc(c(O)c(C(C)C)c1)Cc1cccc(c1O)Cc1cc(cc(CC)c1O)C2. The minimum absolute atomic E-state index is 0.0439. The number of aromatic hydroxyl groups is 6. The van der Waals surface area contributed by atoms with Crippen LogP contribution in [0.4, 0.5) is 0 Å². The molecule has 7 rings (SSSR count). The van der Waals surface area contributed by atoms with Crippen molar-refractivity contribution in [2.24, 2.45) is 0 Å². The lowest BCUT2D eigenvalue weighted by Crippen LogP contribution is -2.03. The van der Waals surface area contributed by atoms with Gasteiger partial charge in [0.05, 0.1) is 0 Å². The molecule has 6 aromatic carbocycles. The zero-order valence-electron chi connectivity index (χ0n) is 34.6. The molecule has 1 aliphatic rings. The summed E-state index contributed by atoms with van der Waals surface area (Å²) in [5, 5.41) is 69.8. The third-order valence-corrected chi connectivity index (χ3v) is 12.0. The number of phenolic OH excluding ortho intramolecular Hbond substituents is 6. The van der Waals surface area contributed by atoms with Crippen molar-refractivity contribution in [3.63, 3.8) is 0 Å². The van der Waals surface area contributed by atoms with Gasteiger partial charge in [0.1, 0.15) is 34.5 Å². The molecule has 0 spiro atoms. The number of hydrogen-bond donors (Lipinski definition) is 6. The Morgan fingerprint density at radius 3 is 0.948 bits per heavy atom. The molecule has 0 unspecified atom stereocenters. The molecule has 6 N–H and O–H groups in total. The Bertz CT molecular complexity index is 2340. The smallest absolute Gasteiger partial charge is 0.122 e. The molecule has 1 aliphatic carbocycles. The van der Waals surface area contributed by atoms with Crippen molar-refractivity contribution in [3.05, 3.63) is 174 Å². The number of benzene rings is 6. The monoisotopic (exact) mass is 776 g/mol. The van der Waals surface area contributed by atoms with Crippen LogP contribution in [-0.2, 0) is 51.4 Å². The van der Waals surface area contributed by atoms with Crippen molar-refractivity contribution in [2.75, 3.05) is 0 Å². The summed E-state index contributed by atoms with van der Waals surface area (Å²) in [5.74, 6) is 1.25. The minimum atomic E-state index is 0.0439. The van der Waals surface area contributed by atoms with Crippen molar-refractivity contribution in [1.29, 1.82) is 0 Å². The molecule has 0 amide bonds. The molecule has 12 bridgehead atoms.